The van der Waals surface area contributed by atoms with E-state index in [1.165, 1.54) is 0 Å². The first-order chi connectivity index (χ1) is 9.07. The van der Waals surface area contributed by atoms with Gasteiger partial charge in [0.05, 0.1) is 0 Å². The minimum atomic E-state index is -0.564. The van der Waals surface area contributed by atoms with Gasteiger partial charge in [0.1, 0.15) is 11.3 Å². The summed E-state index contributed by atoms with van der Waals surface area (Å²) in [7, 11) is 0. The molecule has 0 radical (unpaired) electrons. The summed E-state index contributed by atoms with van der Waals surface area (Å²) < 4.78 is 5.33. The molecular weight excluding hydrogens is 254 g/mol. The summed E-state index contributed by atoms with van der Waals surface area (Å²) in [6.07, 6.45) is 4.27. The Bertz CT molecular complexity index is 416. The van der Waals surface area contributed by atoms with Crippen LogP contribution in [0.4, 0.5) is 0 Å². The lowest BCUT2D eigenvalue weighted by Gasteiger charge is -2.21. The SMILES string of the molecule is CCC/C=C(\NC(=O)C1CC1(C)C)C(=O)OC(C)(C)C. The van der Waals surface area contributed by atoms with Crippen LogP contribution in [0.5, 0.6) is 0 Å². The standard InChI is InChI=1S/C16H27NO3/c1-7-8-9-12(14(19)20-15(2,3)4)17-13(18)11-10-16(11,5)6/h9,11H,7-8,10H2,1-6H3,(H,17,18)/b12-9-. The molecule has 1 aliphatic rings. The van der Waals surface area contributed by atoms with Crippen molar-refractivity contribution in [3.8, 4) is 0 Å². The highest BCUT2D eigenvalue weighted by molar-refractivity contribution is 5.95. The molecule has 0 aliphatic heterocycles. The fourth-order valence-electron chi connectivity index (χ4n) is 1.94. The van der Waals surface area contributed by atoms with Crippen LogP contribution in [0, 0.1) is 11.3 Å². The molecule has 0 spiro atoms. The van der Waals surface area contributed by atoms with E-state index in [4.69, 9.17) is 4.74 Å². The largest absolute Gasteiger partial charge is 0.455 e. The number of amides is 1. The Balaban J connectivity index is 2.70. The summed E-state index contributed by atoms with van der Waals surface area (Å²) in [6.45, 7) is 11.6. The van der Waals surface area contributed by atoms with E-state index in [-0.39, 0.29) is 22.9 Å². The van der Waals surface area contributed by atoms with Crippen molar-refractivity contribution in [2.75, 3.05) is 0 Å². The summed E-state index contributed by atoms with van der Waals surface area (Å²) in [5.74, 6) is -0.545. The quantitative estimate of drug-likeness (QED) is 0.622. The molecule has 1 N–H and O–H groups in total. The lowest BCUT2D eigenvalue weighted by molar-refractivity contribution is -0.151. The van der Waals surface area contributed by atoms with Crippen LogP contribution < -0.4 is 5.32 Å². The molecule has 1 fully saturated rings. The maximum absolute atomic E-state index is 12.1. The molecule has 1 aliphatic carbocycles. The van der Waals surface area contributed by atoms with Crippen molar-refractivity contribution < 1.29 is 14.3 Å². The molecule has 1 saturated carbocycles. The van der Waals surface area contributed by atoms with Gasteiger partial charge in [-0.05, 0) is 39.0 Å². The van der Waals surface area contributed by atoms with E-state index < -0.39 is 11.6 Å². The smallest absolute Gasteiger partial charge is 0.355 e. The van der Waals surface area contributed by atoms with Gasteiger partial charge in [0.2, 0.25) is 5.91 Å². The van der Waals surface area contributed by atoms with Gasteiger partial charge in [0.25, 0.3) is 0 Å². The van der Waals surface area contributed by atoms with Gasteiger partial charge in [-0.2, -0.15) is 0 Å². The minimum Gasteiger partial charge on any atom is -0.455 e. The molecule has 1 atom stereocenters. The van der Waals surface area contributed by atoms with E-state index in [9.17, 15) is 9.59 Å². The van der Waals surface area contributed by atoms with Crippen molar-refractivity contribution >= 4 is 11.9 Å². The molecule has 20 heavy (non-hydrogen) atoms. The van der Waals surface area contributed by atoms with Gasteiger partial charge in [0.15, 0.2) is 0 Å². The van der Waals surface area contributed by atoms with E-state index >= 15 is 0 Å². The van der Waals surface area contributed by atoms with Gasteiger partial charge < -0.3 is 10.1 Å². The third-order valence-electron chi connectivity index (χ3n) is 3.34. The van der Waals surface area contributed by atoms with Gasteiger partial charge in [-0.1, -0.05) is 33.3 Å². The van der Waals surface area contributed by atoms with Crippen LogP contribution in [-0.4, -0.2) is 17.5 Å². The second-order valence-electron chi connectivity index (χ2n) is 7.14. The van der Waals surface area contributed by atoms with E-state index in [0.717, 1.165) is 19.3 Å². The molecule has 4 nitrogen and oxygen atoms in total. The van der Waals surface area contributed by atoms with Gasteiger partial charge in [-0.3, -0.25) is 4.79 Å². The molecule has 1 rings (SSSR count). The molecular formula is C16H27NO3. The molecule has 114 valence electrons. The fraction of sp³-hybridized carbons (Fsp3) is 0.750. The number of rotatable bonds is 5. The van der Waals surface area contributed by atoms with Gasteiger partial charge in [-0.15, -0.1) is 0 Å². The van der Waals surface area contributed by atoms with Crippen LogP contribution in [0.3, 0.4) is 0 Å². The maximum atomic E-state index is 12.1. The Morgan fingerprint density at radius 1 is 1.35 bits per heavy atom. The highest BCUT2D eigenvalue weighted by Gasteiger charge is 2.50. The van der Waals surface area contributed by atoms with Crippen LogP contribution in [0.25, 0.3) is 0 Å². The molecule has 0 bridgehead atoms. The Morgan fingerprint density at radius 3 is 2.30 bits per heavy atom. The second kappa shape index (κ2) is 5.98. The maximum Gasteiger partial charge on any atom is 0.355 e. The minimum absolute atomic E-state index is 0.00466. The van der Waals surface area contributed by atoms with Crippen LogP contribution in [0.15, 0.2) is 11.8 Å². The van der Waals surface area contributed by atoms with Crippen molar-refractivity contribution in [3.63, 3.8) is 0 Å². The van der Waals surface area contributed by atoms with Gasteiger partial charge in [-0.25, -0.2) is 4.79 Å². The topological polar surface area (TPSA) is 55.4 Å². The Morgan fingerprint density at radius 2 is 1.90 bits per heavy atom. The lowest BCUT2D eigenvalue weighted by atomic mass is 10.1. The molecule has 0 aromatic heterocycles. The van der Waals surface area contributed by atoms with Gasteiger partial charge >= 0.3 is 5.97 Å². The molecule has 1 unspecified atom stereocenters. The predicted molar refractivity (Wildman–Crippen MR) is 78.9 cm³/mol. The first-order valence-electron chi connectivity index (χ1n) is 7.31. The number of nitrogens with one attached hydrogen (secondary N) is 1. The summed E-state index contributed by atoms with van der Waals surface area (Å²) >= 11 is 0. The average Bonchev–Trinajstić information content (AvgIpc) is 2.91. The van der Waals surface area contributed by atoms with Crippen LogP contribution in [0.1, 0.15) is 60.8 Å². The molecule has 0 saturated heterocycles. The molecule has 1 amide bonds. The zero-order chi connectivity index (χ0) is 15.6. The van der Waals surface area contributed by atoms with Crippen molar-refractivity contribution in [1.82, 2.24) is 5.32 Å². The number of unbranched alkanes of at least 4 members (excludes halogenated alkanes) is 1. The Kier molecular flexibility index (Phi) is 5.00. The first kappa shape index (κ1) is 16.7. The van der Waals surface area contributed by atoms with Crippen molar-refractivity contribution in [2.24, 2.45) is 11.3 Å². The van der Waals surface area contributed by atoms with Crippen LogP contribution in [-0.2, 0) is 14.3 Å². The molecule has 4 heteroatoms. The molecule has 0 heterocycles. The first-order valence-corrected chi connectivity index (χ1v) is 7.31. The van der Waals surface area contributed by atoms with Gasteiger partial charge in [0, 0.05) is 5.92 Å². The summed E-state index contributed by atoms with van der Waals surface area (Å²) in [5.41, 5.74) is -0.241. The number of hydrogen-bond donors (Lipinski definition) is 1. The second-order valence-corrected chi connectivity index (χ2v) is 7.14. The Hall–Kier alpha value is -1.32. The third-order valence-corrected chi connectivity index (χ3v) is 3.34. The fourth-order valence-corrected chi connectivity index (χ4v) is 1.94. The molecule has 0 aromatic carbocycles. The third kappa shape index (κ3) is 4.99. The van der Waals surface area contributed by atoms with E-state index in [2.05, 4.69) is 19.2 Å². The number of carbonyl (C=O) groups excluding carboxylic acids is 2. The van der Waals surface area contributed by atoms with Crippen molar-refractivity contribution in [2.45, 2.75) is 66.4 Å². The number of hydrogen-bond acceptors (Lipinski definition) is 3. The van der Waals surface area contributed by atoms with E-state index in [1.54, 1.807) is 6.08 Å². The number of ether oxygens (including phenoxy) is 1. The highest BCUT2D eigenvalue weighted by Crippen LogP contribution is 2.51. The highest BCUT2D eigenvalue weighted by atomic mass is 16.6. The summed E-state index contributed by atoms with van der Waals surface area (Å²) in [6, 6.07) is 0. The number of esters is 1. The summed E-state index contributed by atoms with van der Waals surface area (Å²) in [5, 5.41) is 2.74. The number of allylic oxidation sites excluding steroid dienone is 1. The zero-order valence-electron chi connectivity index (χ0n) is 13.5. The van der Waals surface area contributed by atoms with Crippen LogP contribution >= 0.6 is 0 Å². The van der Waals surface area contributed by atoms with E-state index in [0.29, 0.717) is 0 Å². The lowest BCUT2D eigenvalue weighted by Crippen LogP contribution is -2.34. The number of carbonyl (C=O) groups is 2. The molecule has 0 aromatic rings. The van der Waals surface area contributed by atoms with E-state index in [1.807, 2.05) is 27.7 Å². The van der Waals surface area contributed by atoms with Crippen molar-refractivity contribution in [3.05, 3.63) is 11.8 Å². The monoisotopic (exact) mass is 281 g/mol. The average molecular weight is 281 g/mol. The van der Waals surface area contributed by atoms with Crippen molar-refractivity contribution in [1.29, 1.82) is 0 Å². The zero-order valence-corrected chi connectivity index (χ0v) is 13.5. The summed E-state index contributed by atoms with van der Waals surface area (Å²) in [4.78, 5) is 24.2. The Labute approximate surface area is 122 Å². The normalized spacial score (nSPS) is 21.3. The predicted octanol–water partition coefficient (Wildman–Crippen LogP) is 3.17. The van der Waals surface area contributed by atoms with Crippen LogP contribution in [0.2, 0.25) is 0 Å².